The van der Waals surface area contributed by atoms with E-state index in [4.69, 9.17) is 19.4 Å². The van der Waals surface area contributed by atoms with Crippen LogP contribution in [0.15, 0.2) is 48.7 Å². The summed E-state index contributed by atoms with van der Waals surface area (Å²) in [7, 11) is 3.15. The highest BCUT2D eigenvalue weighted by molar-refractivity contribution is 5.91. The summed E-state index contributed by atoms with van der Waals surface area (Å²) < 4.78 is 55.8. The molecule has 0 aliphatic carbocycles. The summed E-state index contributed by atoms with van der Waals surface area (Å²) in [5.41, 5.74) is 1.46. The van der Waals surface area contributed by atoms with E-state index in [-0.39, 0.29) is 5.82 Å². The van der Waals surface area contributed by atoms with Crippen LogP contribution in [0.2, 0.25) is 0 Å². The number of hydrogen-bond donors (Lipinski definition) is 4. The number of anilines is 4. The first-order chi connectivity index (χ1) is 16.6. The molecule has 184 valence electrons. The van der Waals surface area contributed by atoms with Crippen LogP contribution < -0.4 is 20.1 Å². The van der Waals surface area contributed by atoms with E-state index in [2.05, 4.69) is 30.8 Å². The molecule has 4 aromatic rings. The van der Waals surface area contributed by atoms with Gasteiger partial charge in [0.2, 0.25) is 5.95 Å². The van der Waals surface area contributed by atoms with Crippen LogP contribution in [0.4, 0.5) is 40.8 Å². The molecule has 0 saturated carbocycles. The number of ether oxygens (including phenoxy) is 2. The van der Waals surface area contributed by atoms with E-state index < -0.39 is 12.1 Å². The van der Waals surface area contributed by atoms with Crippen molar-refractivity contribution in [1.82, 2.24) is 20.2 Å². The monoisotopic (exact) mass is 494 g/mol. The molecule has 2 aromatic heterocycles. The zero-order chi connectivity index (χ0) is 25.6. The number of fused-ring (bicyclic) bond motifs is 1. The molecule has 14 heteroatoms. The molecule has 0 amide bonds. The van der Waals surface area contributed by atoms with Crippen LogP contribution in [0.1, 0.15) is 0 Å². The van der Waals surface area contributed by atoms with Crippen LogP contribution in [-0.4, -0.2) is 51.6 Å². The second-order valence-electron chi connectivity index (χ2n) is 6.65. The van der Waals surface area contributed by atoms with Gasteiger partial charge in [0.15, 0.2) is 17.3 Å². The lowest BCUT2D eigenvalue weighted by Gasteiger charge is -2.11. The minimum absolute atomic E-state index is 0.338. The molecule has 10 nitrogen and oxygen atoms in total. The van der Waals surface area contributed by atoms with Crippen LogP contribution in [0, 0.1) is 5.82 Å². The molecule has 2 heterocycles. The fourth-order valence-electron chi connectivity index (χ4n) is 2.73. The molecule has 0 atom stereocenters. The van der Waals surface area contributed by atoms with Crippen LogP contribution in [-0.2, 0) is 4.79 Å². The molecule has 35 heavy (non-hydrogen) atoms. The third-order valence-corrected chi connectivity index (χ3v) is 4.31. The van der Waals surface area contributed by atoms with Crippen molar-refractivity contribution >= 4 is 40.1 Å². The Morgan fingerprint density at radius 1 is 1.03 bits per heavy atom. The standard InChI is InChI=1S/C19H17FN6O2.C2HF3O2/c1-27-15-6-4-12(10-16(15)28-2)22-19-21-8-7-17(24-19)23-18-13-9-11(20)3-5-14(13)25-26-18;3-2(4,5)1(6)7/h3-10H,1-2H3,(H3,21,22,23,24,25,26);(H,6,7). The van der Waals surface area contributed by atoms with Gasteiger partial charge in [0, 0.05) is 23.3 Å². The van der Waals surface area contributed by atoms with Gasteiger partial charge in [0.05, 0.1) is 19.7 Å². The summed E-state index contributed by atoms with van der Waals surface area (Å²) in [6.45, 7) is 0. The van der Waals surface area contributed by atoms with Gasteiger partial charge in [-0.25, -0.2) is 14.2 Å². The second-order valence-corrected chi connectivity index (χ2v) is 6.65. The van der Waals surface area contributed by atoms with Crippen LogP contribution in [0.3, 0.4) is 0 Å². The summed E-state index contributed by atoms with van der Waals surface area (Å²) in [5, 5.41) is 21.0. The SMILES string of the molecule is COc1ccc(Nc2nccc(Nc3n[nH]c4ccc(F)cc34)n2)cc1OC.O=C(O)C(F)(F)F. The number of alkyl halides is 3. The predicted octanol–water partition coefficient (Wildman–Crippen LogP) is 4.63. The summed E-state index contributed by atoms with van der Waals surface area (Å²) in [6.07, 6.45) is -3.48. The van der Waals surface area contributed by atoms with Crippen molar-refractivity contribution in [1.29, 1.82) is 0 Å². The van der Waals surface area contributed by atoms with E-state index >= 15 is 0 Å². The molecular formula is C21H18F4N6O4. The largest absolute Gasteiger partial charge is 0.493 e. The number of aromatic amines is 1. The molecule has 0 fully saturated rings. The van der Waals surface area contributed by atoms with E-state index in [1.54, 1.807) is 44.7 Å². The molecule has 2 aromatic carbocycles. The highest BCUT2D eigenvalue weighted by atomic mass is 19.4. The lowest BCUT2D eigenvalue weighted by molar-refractivity contribution is -0.192. The van der Waals surface area contributed by atoms with Crippen molar-refractivity contribution < 1.29 is 36.9 Å². The van der Waals surface area contributed by atoms with E-state index in [1.807, 2.05) is 6.07 Å². The first kappa shape index (κ1) is 25.0. The molecule has 4 N–H and O–H groups in total. The maximum absolute atomic E-state index is 13.5. The van der Waals surface area contributed by atoms with Crippen molar-refractivity contribution in [2.75, 3.05) is 24.9 Å². The van der Waals surface area contributed by atoms with Gasteiger partial charge in [0.25, 0.3) is 0 Å². The van der Waals surface area contributed by atoms with Gasteiger partial charge in [-0.3, -0.25) is 5.10 Å². The number of nitrogens with one attached hydrogen (secondary N) is 3. The normalized spacial score (nSPS) is 10.8. The fourth-order valence-corrected chi connectivity index (χ4v) is 2.73. The number of halogens is 4. The Hall–Kier alpha value is -4.62. The van der Waals surface area contributed by atoms with Crippen molar-refractivity contribution in [2.45, 2.75) is 6.18 Å². The Labute approximate surface area is 194 Å². The van der Waals surface area contributed by atoms with Gasteiger partial charge in [-0.05, 0) is 36.4 Å². The fraction of sp³-hybridized carbons (Fsp3) is 0.143. The topological polar surface area (TPSA) is 134 Å². The molecule has 4 rings (SSSR count). The summed E-state index contributed by atoms with van der Waals surface area (Å²) in [4.78, 5) is 17.5. The van der Waals surface area contributed by atoms with Gasteiger partial charge >= 0.3 is 12.1 Å². The second kappa shape index (κ2) is 10.5. The Kier molecular flexibility index (Phi) is 7.53. The quantitative estimate of drug-likeness (QED) is 0.283. The minimum Gasteiger partial charge on any atom is -0.493 e. The molecule has 0 saturated heterocycles. The number of carbonyl (C=O) groups is 1. The van der Waals surface area contributed by atoms with E-state index in [0.29, 0.717) is 34.5 Å². The number of aliphatic carboxylic acids is 1. The van der Waals surface area contributed by atoms with Crippen LogP contribution in [0.5, 0.6) is 11.5 Å². The van der Waals surface area contributed by atoms with E-state index in [0.717, 1.165) is 11.2 Å². The van der Waals surface area contributed by atoms with Gasteiger partial charge in [-0.2, -0.15) is 23.3 Å². The average Bonchev–Trinajstić information content (AvgIpc) is 3.20. The first-order valence-corrected chi connectivity index (χ1v) is 9.63. The maximum atomic E-state index is 13.5. The molecule has 0 aliphatic rings. The Balaban J connectivity index is 0.000000429. The number of benzene rings is 2. The molecule has 0 aliphatic heterocycles. The first-order valence-electron chi connectivity index (χ1n) is 9.63. The van der Waals surface area contributed by atoms with E-state index in [9.17, 15) is 17.6 Å². The van der Waals surface area contributed by atoms with Crippen molar-refractivity contribution in [3.8, 4) is 11.5 Å². The Morgan fingerprint density at radius 3 is 2.40 bits per heavy atom. The number of aromatic nitrogens is 4. The van der Waals surface area contributed by atoms with Crippen LogP contribution in [0.25, 0.3) is 10.9 Å². The van der Waals surface area contributed by atoms with Gasteiger partial charge in [-0.1, -0.05) is 0 Å². The minimum atomic E-state index is -5.08. The smallest absolute Gasteiger partial charge is 0.490 e. The number of H-pyrrole nitrogens is 1. The summed E-state index contributed by atoms with van der Waals surface area (Å²) >= 11 is 0. The van der Waals surface area contributed by atoms with E-state index in [1.165, 1.54) is 12.1 Å². The van der Waals surface area contributed by atoms with Crippen molar-refractivity contribution in [3.05, 3.63) is 54.5 Å². The molecular weight excluding hydrogens is 476 g/mol. The highest BCUT2D eigenvalue weighted by Crippen LogP contribution is 2.31. The zero-order valence-corrected chi connectivity index (χ0v) is 18.1. The molecule has 0 bridgehead atoms. The Morgan fingerprint density at radius 2 is 1.74 bits per heavy atom. The van der Waals surface area contributed by atoms with Crippen molar-refractivity contribution in [3.63, 3.8) is 0 Å². The lowest BCUT2D eigenvalue weighted by atomic mass is 10.2. The average molecular weight is 494 g/mol. The van der Waals surface area contributed by atoms with Crippen molar-refractivity contribution in [2.24, 2.45) is 0 Å². The number of carboxylic acids is 1. The third-order valence-electron chi connectivity index (χ3n) is 4.31. The number of methoxy groups -OCH3 is 2. The molecule has 0 radical (unpaired) electrons. The van der Waals surface area contributed by atoms with Crippen LogP contribution >= 0.6 is 0 Å². The number of hydrogen-bond acceptors (Lipinski definition) is 8. The zero-order valence-electron chi connectivity index (χ0n) is 18.1. The summed E-state index contributed by atoms with van der Waals surface area (Å²) in [6, 6.07) is 11.5. The predicted molar refractivity (Wildman–Crippen MR) is 118 cm³/mol. The van der Waals surface area contributed by atoms with Gasteiger partial charge in [-0.15, -0.1) is 0 Å². The highest BCUT2D eigenvalue weighted by Gasteiger charge is 2.38. The lowest BCUT2D eigenvalue weighted by Crippen LogP contribution is -2.21. The summed E-state index contributed by atoms with van der Waals surface area (Å²) in [5.74, 6) is -0.513. The number of carboxylic acid groups (broad SMARTS) is 1. The number of rotatable bonds is 6. The molecule has 0 unspecified atom stereocenters. The van der Waals surface area contributed by atoms with Gasteiger partial charge in [0.1, 0.15) is 11.6 Å². The number of nitrogens with zero attached hydrogens (tertiary/aromatic N) is 3. The maximum Gasteiger partial charge on any atom is 0.490 e. The molecule has 0 spiro atoms. The Bertz CT molecular complexity index is 1330. The third kappa shape index (κ3) is 6.46. The van der Waals surface area contributed by atoms with Gasteiger partial charge < -0.3 is 25.2 Å².